The molecule has 0 radical (unpaired) electrons. The maximum Gasteiger partial charge on any atom is 0.338 e. The Morgan fingerprint density at radius 3 is 1.56 bits per heavy atom. The van der Waals surface area contributed by atoms with Gasteiger partial charge in [-0.3, -0.25) is 9.59 Å². The lowest BCUT2D eigenvalue weighted by Crippen LogP contribution is -2.70. The lowest BCUT2D eigenvalue weighted by atomic mass is 9.93. The molecule has 1 amide bonds. The van der Waals surface area contributed by atoms with Crippen LogP contribution in [0, 0.1) is 0 Å². The van der Waals surface area contributed by atoms with Crippen LogP contribution in [0.25, 0.3) is 0 Å². The molecule has 68 heavy (non-hydrogen) atoms. The van der Waals surface area contributed by atoms with Gasteiger partial charge in [-0.15, -0.1) is 0 Å². The average Bonchev–Trinajstić information content (AvgIpc) is 3.38. The third kappa shape index (κ3) is 12.6. The first-order valence-corrected chi connectivity index (χ1v) is 23.3. The Morgan fingerprint density at radius 2 is 1.03 bits per heavy atom. The fourth-order valence-electron chi connectivity index (χ4n) is 8.81. The van der Waals surface area contributed by atoms with Gasteiger partial charge in [0.15, 0.2) is 37.4 Å². The van der Waals surface area contributed by atoms with Crippen molar-refractivity contribution in [2.45, 2.75) is 126 Å². The second kappa shape index (κ2) is 24.1. The highest BCUT2D eigenvalue weighted by atomic mass is 16.8. The maximum absolute atomic E-state index is 14.2. The summed E-state index contributed by atoms with van der Waals surface area (Å²) in [5.41, 5.74) is 1.94. The standard InChI is InChI=1S/C52H59NO15/c1-33(54)53-41-44(42-38(31-60-49(66-42)36-25-15-9-16-26-36)62-51(41)59-30-20-6-4-3-5-19-29-40(55)58-2)68-52-46(65-48(57)35-23-13-8-14-24-35)45(64-47(56)34-21-11-7-12-22-34)43-39(63-52)32-61-50(67-43)37-27-17-10-18-28-37/h7-18,21-28,38-39,41-46,49-52H,3-6,19-20,29-32H2,1-2H3,(H,53,54)/t38-,39-,41-,42-,43+,44-,45+,46-,49?,50?,51-,52+/m1/s1. The van der Waals surface area contributed by atoms with Crippen molar-refractivity contribution in [3.05, 3.63) is 144 Å². The van der Waals surface area contributed by atoms with Crippen molar-refractivity contribution in [1.82, 2.24) is 5.32 Å². The second-order valence-electron chi connectivity index (χ2n) is 17.1. The molecule has 0 bridgehead atoms. The normalized spacial score (nSPS) is 28.8. The number of esters is 3. The number of carbonyl (C=O) groups excluding carboxylic acids is 4. The van der Waals surface area contributed by atoms with E-state index >= 15 is 0 Å². The number of carbonyl (C=O) groups is 4. The molecule has 362 valence electrons. The number of nitrogens with one attached hydrogen (secondary N) is 1. The van der Waals surface area contributed by atoms with E-state index in [2.05, 4.69) is 5.32 Å². The number of amides is 1. The number of methoxy groups -OCH3 is 1. The van der Waals surface area contributed by atoms with Gasteiger partial charge in [0.2, 0.25) is 5.91 Å². The Kier molecular flexibility index (Phi) is 17.3. The van der Waals surface area contributed by atoms with Gasteiger partial charge in [0.05, 0.1) is 31.5 Å². The molecule has 0 aromatic heterocycles. The van der Waals surface area contributed by atoms with Gasteiger partial charge in [0.1, 0.15) is 36.6 Å². The van der Waals surface area contributed by atoms with Crippen molar-refractivity contribution >= 4 is 23.8 Å². The molecule has 4 aromatic carbocycles. The van der Waals surface area contributed by atoms with Crippen LogP contribution < -0.4 is 5.32 Å². The predicted octanol–water partition coefficient (Wildman–Crippen LogP) is 6.93. The first-order valence-electron chi connectivity index (χ1n) is 23.3. The van der Waals surface area contributed by atoms with Crippen LogP contribution in [0.1, 0.15) is 96.3 Å². The van der Waals surface area contributed by atoms with E-state index in [0.717, 1.165) is 37.7 Å². The van der Waals surface area contributed by atoms with Gasteiger partial charge in [-0.05, 0) is 37.1 Å². The van der Waals surface area contributed by atoms with Crippen LogP contribution in [0.3, 0.4) is 0 Å². The first-order chi connectivity index (χ1) is 33.2. The van der Waals surface area contributed by atoms with Gasteiger partial charge < -0.3 is 57.4 Å². The zero-order valence-corrected chi connectivity index (χ0v) is 38.2. The quantitative estimate of drug-likeness (QED) is 0.0580. The minimum Gasteiger partial charge on any atom is -0.469 e. The third-order valence-corrected chi connectivity index (χ3v) is 12.2. The topological polar surface area (TPSA) is 182 Å². The summed E-state index contributed by atoms with van der Waals surface area (Å²) in [5.74, 6) is -2.04. The minimum atomic E-state index is -1.47. The van der Waals surface area contributed by atoms with E-state index in [1.807, 2.05) is 60.7 Å². The third-order valence-electron chi connectivity index (χ3n) is 12.2. The molecule has 2 unspecified atom stereocenters. The summed E-state index contributed by atoms with van der Waals surface area (Å²) in [6.07, 6.45) is -6.20. The molecule has 16 heteroatoms. The molecular weight excluding hydrogens is 879 g/mol. The minimum absolute atomic E-state index is 0.0186. The molecular formula is C52H59NO15. The highest BCUT2D eigenvalue weighted by molar-refractivity contribution is 5.90. The van der Waals surface area contributed by atoms with Gasteiger partial charge in [-0.25, -0.2) is 9.59 Å². The van der Waals surface area contributed by atoms with E-state index in [1.165, 1.54) is 14.0 Å². The maximum atomic E-state index is 14.2. The van der Waals surface area contributed by atoms with Crippen molar-refractivity contribution in [1.29, 1.82) is 0 Å². The number of fused-ring (bicyclic) bond motifs is 2. The van der Waals surface area contributed by atoms with Crippen molar-refractivity contribution < 1.29 is 71.3 Å². The highest BCUT2D eigenvalue weighted by Gasteiger charge is 2.58. The lowest BCUT2D eigenvalue weighted by molar-refractivity contribution is -0.393. The number of rotatable bonds is 19. The SMILES string of the molecule is COC(=O)CCCCCCCCO[C@@H]1O[C@@H]2COC(c3ccccc3)O[C@H]2[C@H](O[C@@H]2O[C@@H]3COC(c4ccccc4)O[C@@H]3[C@H](OC(=O)c3ccccc3)[C@H]2OC(=O)c2ccccc2)[C@H]1NC(C)=O. The van der Waals surface area contributed by atoms with Crippen molar-refractivity contribution in [3.8, 4) is 0 Å². The van der Waals surface area contributed by atoms with Gasteiger partial charge in [-0.1, -0.05) is 123 Å². The predicted molar refractivity (Wildman–Crippen MR) is 241 cm³/mol. The van der Waals surface area contributed by atoms with Crippen LogP contribution in [-0.4, -0.2) is 112 Å². The van der Waals surface area contributed by atoms with Gasteiger partial charge in [0.25, 0.3) is 0 Å². The van der Waals surface area contributed by atoms with Crippen molar-refractivity contribution in [2.75, 3.05) is 26.9 Å². The van der Waals surface area contributed by atoms with Gasteiger partial charge in [0, 0.05) is 31.1 Å². The van der Waals surface area contributed by atoms with Crippen LogP contribution in [-0.2, 0) is 61.7 Å². The van der Waals surface area contributed by atoms with Crippen LogP contribution in [0.4, 0.5) is 0 Å². The van der Waals surface area contributed by atoms with Crippen molar-refractivity contribution in [2.24, 2.45) is 0 Å². The fourth-order valence-corrected chi connectivity index (χ4v) is 8.81. The highest BCUT2D eigenvalue weighted by Crippen LogP contribution is 2.41. The Labute approximate surface area is 395 Å². The molecule has 12 atom stereocenters. The lowest BCUT2D eigenvalue weighted by Gasteiger charge is -2.52. The molecule has 4 aromatic rings. The smallest absolute Gasteiger partial charge is 0.338 e. The van der Waals surface area contributed by atoms with Crippen LogP contribution in [0.2, 0.25) is 0 Å². The monoisotopic (exact) mass is 937 g/mol. The molecule has 0 saturated carbocycles. The molecule has 0 spiro atoms. The Balaban J connectivity index is 1.11. The Bertz CT molecular complexity index is 2220. The summed E-state index contributed by atoms with van der Waals surface area (Å²) in [6, 6.07) is 34.5. The van der Waals surface area contributed by atoms with Crippen LogP contribution in [0.5, 0.6) is 0 Å². The summed E-state index contributed by atoms with van der Waals surface area (Å²) in [4.78, 5) is 52.9. The van der Waals surface area contributed by atoms with E-state index in [0.29, 0.717) is 18.4 Å². The number of ether oxygens (including phenoxy) is 11. The summed E-state index contributed by atoms with van der Waals surface area (Å²) in [6.45, 7) is 1.72. The Hall–Kier alpha value is -5.56. The summed E-state index contributed by atoms with van der Waals surface area (Å²) in [5, 5.41) is 3.00. The molecule has 4 saturated heterocycles. The van der Waals surface area contributed by atoms with Crippen LogP contribution >= 0.6 is 0 Å². The number of unbranched alkanes of at least 4 members (excludes halogenated alkanes) is 5. The van der Waals surface area contributed by atoms with E-state index in [-0.39, 0.29) is 36.9 Å². The second-order valence-corrected chi connectivity index (χ2v) is 17.1. The van der Waals surface area contributed by atoms with Gasteiger partial charge >= 0.3 is 17.9 Å². The van der Waals surface area contributed by atoms with Crippen LogP contribution in [0.15, 0.2) is 121 Å². The number of hydrogen-bond donors (Lipinski definition) is 1. The van der Waals surface area contributed by atoms with Gasteiger partial charge in [-0.2, -0.15) is 0 Å². The molecule has 8 rings (SSSR count). The molecule has 16 nitrogen and oxygen atoms in total. The molecule has 1 N–H and O–H groups in total. The summed E-state index contributed by atoms with van der Waals surface area (Å²) >= 11 is 0. The fraction of sp³-hybridized carbons (Fsp3) is 0.462. The number of hydrogen-bond acceptors (Lipinski definition) is 15. The summed E-state index contributed by atoms with van der Waals surface area (Å²) in [7, 11) is 1.39. The zero-order chi connectivity index (χ0) is 47.2. The molecule has 0 aliphatic carbocycles. The zero-order valence-electron chi connectivity index (χ0n) is 38.2. The molecule has 4 aliphatic heterocycles. The summed E-state index contributed by atoms with van der Waals surface area (Å²) < 4.78 is 70.1. The number of benzene rings is 4. The van der Waals surface area contributed by atoms with Crippen molar-refractivity contribution in [3.63, 3.8) is 0 Å². The van der Waals surface area contributed by atoms with E-state index in [9.17, 15) is 19.2 Å². The first kappa shape index (κ1) is 48.9. The van der Waals surface area contributed by atoms with E-state index in [4.69, 9.17) is 52.1 Å². The molecule has 4 aliphatic rings. The average molecular weight is 938 g/mol. The largest absolute Gasteiger partial charge is 0.469 e. The molecule has 4 heterocycles. The van der Waals surface area contributed by atoms with E-state index < -0.39 is 91.8 Å². The Morgan fingerprint density at radius 1 is 0.559 bits per heavy atom. The molecule has 4 fully saturated rings. The van der Waals surface area contributed by atoms with E-state index in [1.54, 1.807) is 60.7 Å².